The van der Waals surface area contributed by atoms with Gasteiger partial charge in [0.2, 0.25) is 0 Å². The van der Waals surface area contributed by atoms with E-state index in [0.29, 0.717) is 36.1 Å². The average molecular weight is 328 g/mol. The minimum Gasteiger partial charge on any atom is -0.373 e. The fourth-order valence-corrected chi connectivity index (χ4v) is 2.80. The van der Waals surface area contributed by atoms with Gasteiger partial charge in [-0.25, -0.2) is 4.39 Å². The van der Waals surface area contributed by atoms with Gasteiger partial charge in [0.05, 0.1) is 5.60 Å². The van der Waals surface area contributed by atoms with Crippen molar-refractivity contribution in [2.45, 2.75) is 31.8 Å². The molecule has 1 aliphatic rings. The van der Waals surface area contributed by atoms with E-state index in [2.05, 4.69) is 22.5 Å². The van der Waals surface area contributed by atoms with Crippen LogP contribution in [-0.4, -0.2) is 38.3 Å². The van der Waals surface area contributed by atoms with Crippen molar-refractivity contribution in [1.82, 2.24) is 10.6 Å². The van der Waals surface area contributed by atoms with Crippen molar-refractivity contribution in [2.75, 3.05) is 26.7 Å². The van der Waals surface area contributed by atoms with Gasteiger partial charge in [-0.2, -0.15) is 0 Å². The third kappa shape index (κ3) is 4.58. The first kappa shape index (κ1) is 17.0. The fraction of sp³-hybridized carbons (Fsp3) is 0.562. The highest BCUT2D eigenvalue weighted by Gasteiger charge is 2.29. The minimum atomic E-state index is -0.274. The molecule has 6 heteroatoms. The Hall–Kier alpha value is -1.33. The number of halogens is 2. The molecule has 1 aromatic rings. The molecule has 0 radical (unpaired) electrons. The lowest BCUT2D eigenvalue weighted by molar-refractivity contribution is 0.0243. The summed E-state index contributed by atoms with van der Waals surface area (Å²) in [4.78, 5) is 4.17. The third-order valence-corrected chi connectivity index (χ3v) is 4.24. The predicted octanol–water partition coefficient (Wildman–Crippen LogP) is 2.76. The van der Waals surface area contributed by atoms with Crippen LogP contribution in [0, 0.1) is 5.82 Å². The molecule has 1 fully saturated rings. The van der Waals surface area contributed by atoms with Crippen molar-refractivity contribution in [3.05, 3.63) is 34.6 Å². The van der Waals surface area contributed by atoms with Crippen molar-refractivity contribution >= 4 is 17.6 Å². The van der Waals surface area contributed by atoms with Crippen LogP contribution in [-0.2, 0) is 11.2 Å². The normalized spacial score (nSPS) is 21.9. The summed E-state index contributed by atoms with van der Waals surface area (Å²) < 4.78 is 19.4. The maximum Gasteiger partial charge on any atom is 0.191 e. The van der Waals surface area contributed by atoms with E-state index in [9.17, 15) is 4.39 Å². The molecule has 0 bridgehead atoms. The zero-order valence-electron chi connectivity index (χ0n) is 13.1. The molecule has 122 valence electrons. The van der Waals surface area contributed by atoms with Crippen LogP contribution in [0.4, 0.5) is 4.39 Å². The molecule has 1 atom stereocenters. The SMILES string of the molecule is CN=C(NCCc1c(F)cccc1Cl)NCC1(C)CCCO1. The number of nitrogens with zero attached hydrogens (tertiary/aromatic N) is 1. The number of nitrogens with one attached hydrogen (secondary N) is 2. The Morgan fingerprint density at radius 2 is 2.27 bits per heavy atom. The summed E-state index contributed by atoms with van der Waals surface area (Å²) in [7, 11) is 1.71. The van der Waals surface area contributed by atoms with Gasteiger partial charge >= 0.3 is 0 Å². The summed E-state index contributed by atoms with van der Waals surface area (Å²) in [6, 6.07) is 4.73. The summed E-state index contributed by atoms with van der Waals surface area (Å²) in [5.74, 6) is 0.410. The molecule has 2 rings (SSSR count). The number of benzene rings is 1. The number of hydrogen-bond donors (Lipinski definition) is 2. The monoisotopic (exact) mass is 327 g/mol. The number of rotatable bonds is 5. The van der Waals surface area contributed by atoms with E-state index >= 15 is 0 Å². The molecular weight excluding hydrogens is 305 g/mol. The summed E-state index contributed by atoms with van der Waals surface area (Å²) >= 11 is 6.01. The predicted molar refractivity (Wildman–Crippen MR) is 88.1 cm³/mol. The Morgan fingerprint density at radius 1 is 1.45 bits per heavy atom. The second kappa shape index (κ2) is 7.79. The summed E-state index contributed by atoms with van der Waals surface area (Å²) in [5.41, 5.74) is 0.394. The fourth-order valence-electron chi connectivity index (χ4n) is 2.54. The van der Waals surface area contributed by atoms with Gasteiger partial charge in [-0.15, -0.1) is 0 Å². The zero-order valence-corrected chi connectivity index (χ0v) is 13.8. The largest absolute Gasteiger partial charge is 0.373 e. The third-order valence-electron chi connectivity index (χ3n) is 3.88. The first-order chi connectivity index (χ1) is 10.5. The van der Waals surface area contributed by atoms with Crippen LogP contribution in [0.3, 0.4) is 0 Å². The molecule has 0 aromatic heterocycles. The molecule has 1 aliphatic heterocycles. The van der Waals surface area contributed by atoms with Gasteiger partial charge in [-0.3, -0.25) is 4.99 Å². The molecule has 1 saturated heterocycles. The standard InChI is InChI=1S/C16H23ClFN3O/c1-16(8-4-10-22-16)11-21-15(19-2)20-9-7-12-13(17)5-3-6-14(12)18/h3,5-6H,4,7-11H2,1-2H3,(H2,19,20,21). The van der Waals surface area contributed by atoms with Gasteiger partial charge in [-0.1, -0.05) is 17.7 Å². The maximum absolute atomic E-state index is 13.7. The van der Waals surface area contributed by atoms with Crippen LogP contribution in [0.25, 0.3) is 0 Å². The lowest BCUT2D eigenvalue weighted by atomic mass is 10.0. The van der Waals surface area contributed by atoms with Crippen LogP contribution < -0.4 is 10.6 Å². The van der Waals surface area contributed by atoms with Crippen LogP contribution in [0.5, 0.6) is 0 Å². The van der Waals surface area contributed by atoms with Gasteiger partial charge < -0.3 is 15.4 Å². The number of guanidine groups is 1. The van der Waals surface area contributed by atoms with Crippen molar-refractivity contribution in [1.29, 1.82) is 0 Å². The van der Waals surface area contributed by atoms with E-state index in [-0.39, 0.29) is 11.4 Å². The van der Waals surface area contributed by atoms with Gasteiger partial charge in [0.25, 0.3) is 0 Å². The molecule has 0 aliphatic carbocycles. The summed E-state index contributed by atoms with van der Waals surface area (Å²) in [6.07, 6.45) is 2.64. The summed E-state index contributed by atoms with van der Waals surface area (Å²) in [6.45, 7) is 4.17. The number of ether oxygens (including phenoxy) is 1. The maximum atomic E-state index is 13.7. The van der Waals surface area contributed by atoms with E-state index in [1.165, 1.54) is 6.07 Å². The highest BCUT2D eigenvalue weighted by molar-refractivity contribution is 6.31. The van der Waals surface area contributed by atoms with Crippen molar-refractivity contribution < 1.29 is 9.13 Å². The van der Waals surface area contributed by atoms with Gasteiger partial charge in [0.15, 0.2) is 5.96 Å². The highest BCUT2D eigenvalue weighted by atomic mass is 35.5. The van der Waals surface area contributed by atoms with Crippen LogP contribution >= 0.6 is 11.6 Å². The summed E-state index contributed by atoms with van der Waals surface area (Å²) in [5, 5.41) is 6.88. The number of hydrogen-bond acceptors (Lipinski definition) is 2. The highest BCUT2D eigenvalue weighted by Crippen LogP contribution is 2.23. The van der Waals surface area contributed by atoms with E-state index in [4.69, 9.17) is 16.3 Å². The molecule has 0 spiro atoms. The van der Waals surface area contributed by atoms with Crippen LogP contribution in [0.2, 0.25) is 5.02 Å². The van der Waals surface area contributed by atoms with Crippen molar-refractivity contribution in [2.24, 2.45) is 4.99 Å². The van der Waals surface area contributed by atoms with E-state index in [0.717, 1.165) is 19.4 Å². The lowest BCUT2D eigenvalue weighted by Crippen LogP contribution is -2.46. The Labute approximate surface area is 136 Å². The van der Waals surface area contributed by atoms with Crippen molar-refractivity contribution in [3.8, 4) is 0 Å². The van der Waals surface area contributed by atoms with E-state index in [1.807, 2.05) is 0 Å². The van der Waals surface area contributed by atoms with Crippen LogP contribution in [0.1, 0.15) is 25.3 Å². The topological polar surface area (TPSA) is 45.7 Å². The Kier molecular flexibility index (Phi) is 6.03. The van der Waals surface area contributed by atoms with E-state index in [1.54, 1.807) is 19.2 Å². The molecule has 1 aromatic carbocycles. The lowest BCUT2D eigenvalue weighted by Gasteiger charge is -2.24. The average Bonchev–Trinajstić information content (AvgIpc) is 2.92. The molecule has 22 heavy (non-hydrogen) atoms. The molecule has 4 nitrogen and oxygen atoms in total. The molecule has 1 heterocycles. The first-order valence-electron chi connectivity index (χ1n) is 7.55. The first-order valence-corrected chi connectivity index (χ1v) is 7.93. The van der Waals surface area contributed by atoms with Gasteiger partial charge in [0.1, 0.15) is 5.82 Å². The zero-order chi connectivity index (χ0) is 16.0. The second-order valence-electron chi connectivity index (χ2n) is 5.70. The number of aliphatic imine (C=N–C) groups is 1. The molecule has 1 unspecified atom stereocenters. The van der Waals surface area contributed by atoms with Crippen molar-refractivity contribution in [3.63, 3.8) is 0 Å². The second-order valence-corrected chi connectivity index (χ2v) is 6.11. The Bertz CT molecular complexity index is 510. The minimum absolute atomic E-state index is 0.132. The molecule has 0 amide bonds. The smallest absolute Gasteiger partial charge is 0.191 e. The molecular formula is C16H23ClFN3O. The van der Waals surface area contributed by atoms with Gasteiger partial charge in [0, 0.05) is 37.3 Å². The quantitative estimate of drug-likeness (QED) is 0.645. The van der Waals surface area contributed by atoms with Crippen LogP contribution in [0.15, 0.2) is 23.2 Å². The van der Waals surface area contributed by atoms with Gasteiger partial charge in [-0.05, 0) is 38.3 Å². The Balaban J connectivity index is 1.79. The molecule has 0 saturated carbocycles. The Morgan fingerprint density at radius 3 is 2.91 bits per heavy atom. The molecule has 2 N–H and O–H groups in total. The van der Waals surface area contributed by atoms with E-state index < -0.39 is 0 Å².